The minimum atomic E-state index is -0.220. The van der Waals surface area contributed by atoms with E-state index < -0.39 is 0 Å². The van der Waals surface area contributed by atoms with Gasteiger partial charge in [0, 0.05) is 31.3 Å². The Bertz CT molecular complexity index is 485. The van der Waals surface area contributed by atoms with Gasteiger partial charge in [-0.3, -0.25) is 4.79 Å². The fourth-order valence-electron chi connectivity index (χ4n) is 3.02. The molecule has 1 saturated carbocycles. The first-order chi connectivity index (χ1) is 10.7. The van der Waals surface area contributed by atoms with Gasteiger partial charge in [0.2, 0.25) is 5.91 Å². The van der Waals surface area contributed by atoms with Crippen molar-refractivity contribution in [2.24, 2.45) is 5.73 Å². The molecule has 1 fully saturated rings. The molecule has 22 heavy (non-hydrogen) atoms. The Labute approximate surface area is 137 Å². The second-order valence-electron chi connectivity index (χ2n) is 5.85. The maximum atomic E-state index is 12.7. The van der Waals surface area contributed by atoms with Crippen LogP contribution in [0, 0.1) is 0 Å². The monoisotopic (exact) mass is 324 g/mol. The summed E-state index contributed by atoms with van der Waals surface area (Å²) in [5.74, 6) is 0.101. The fourth-order valence-corrected chi connectivity index (χ4v) is 3.22. The topological polar surface area (TPSA) is 55.6 Å². The molecule has 1 aromatic carbocycles. The van der Waals surface area contributed by atoms with Crippen molar-refractivity contribution in [3.63, 3.8) is 0 Å². The van der Waals surface area contributed by atoms with E-state index in [1.807, 2.05) is 29.2 Å². The molecule has 2 rings (SSSR count). The van der Waals surface area contributed by atoms with Crippen LogP contribution in [-0.4, -0.2) is 36.6 Å². The number of carbonyl (C=O) groups is 1. The second kappa shape index (κ2) is 8.51. The molecule has 1 amide bonds. The van der Waals surface area contributed by atoms with Gasteiger partial charge in [0.15, 0.2) is 0 Å². The van der Waals surface area contributed by atoms with Crippen LogP contribution in [0.5, 0.6) is 0 Å². The summed E-state index contributed by atoms with van der Waals surface area (Å²) in [4.78, 5) is 14.7. The summed E-state index contributed by atoms with van der Waals surface area (Å²) >= 11 is 6.26. The molecule has 1 aromatic rings. The number of rotatable bonds is 7. The number of amides is 1. The largest absolute Gasteiger partial charge is 0.380 e. The lowest BCUT2D eigenvalue weighted by Crippen LogP contribution is -2.41. The number of nitrogens with two attached hydrogens (primary N) is 1. The zero-order valence-electron chi connectivity index (χ0n) is 13.1. The van der Waals surface area contributed by atoms with Gasteiger partial charge >= 0.3 is 0 Å². The van der Waals surface area contributed by atoms with Crippen LogP contribution in [0.4, 0.5) is 0 Å². The number of hydrogen-bond acceptors (Lipinski definition) is 3. The van der Waals surface area contributed by atoms with Gasteiger partial charge in [-0.15, -0.1) is 0 Å². The first kappa shape index (κ1) is 17.3. The van der Waals surface area contributed by atoms with Crippen LogP contribution < -0.4 is 5.73 Å². The van der Waals surface area contributed by atoms with Crippen molar-refractivity contribution in [2.75, 3.05) is 13.7 Å². The van der Waals surface area contributed by atoms with E-state index in [1.54, 1.807) is 7.11 Å². The molecule has 122 valence electrons. The van der Waals surface area contributed by atoms with E-state index in [2.05, 4.69) is 0 Å². The van der Waals surface area contributed by atoms with Crippen LogP contribution in [0.3, 0.4) is 0 Å². The van der Waals surface area contributed by atoms with Gasteiger partial charge in [0.05, 0.1) is 12.5 Å². The molecule has 4 nitrogen and oxygen atoms in total. The average molecular weight is 325 g/mol. The molecule has 2 N–H and O–H groups in total. The van der Waals surface area contributed by atoms with Gasteiger partial charge in [-0.1, -0.05) is 42.6 Å². The number of methoxy groups -OCH3 is 1. The Morgan fingerprint density at radius 3 is 2.68 bits per heavy atom. The molecular weight excluding hydrogens is 300 g/mol. The van der Waals surface area contributed by atoms with E-state index in [9.17, 15) is 4.79 Å². The smallest absolute Gasteiger partial charge is 0.225 e. The van der Waals surface area contributed by atoms with E-state index >= 15 is 0 Å². The van der Waals surface area contributed by atoms with Crippen molar-refractivity contribution in [1.82, 2.24) is 4.90 Å². The van der Waals surface area contributed by atoms with Gasteiger partial charge in [-0.2, -0.15) is 0 Å². The van der Waals surface area contributed by atoms with Crippen LogP contribution in [0.25, 0.3) is 0 Å². The maximum Gasteiger partial charge on any atom is 0.225 e. The number of hydrogen-bond donors (Lipinski definition) is 1. The van der Waals surface area contributed by atoms with Gasteiger partial charge in [-0.05, 0) is 24.5 Å². The lowest BCUT2D eigenvalue weighted by molar-refractivity contribution is -0.136. The molecule has 1 aliphatic carbocycles. The van der Waals surface area contributed by atoms with Gasteiger partial charge in [0.1, 0.15) is 0 Å². The highest BCUT2D eigenvalue weighted by molar-refractivity contribution is 6.31. The highest BCUT2D eigenvalue weighted by Gasteiger charge is 2.28. The Kier molecular flexibility index (Phi) is 6.68. The molecular formula is C17H25ClN2O2. The van der Waals surface area contributed by atoms with Gasteiger partial charge in [-0.25, -0.2) is 0 Å². The molecule has 1 aliphatic rings. The third-order valence-electron chi connectivity index (χ3n) is 4.38. The Balaban J connectivity index is 2.12. The summed E-state index contributed by atoms with van der Waals surface area (Å²) < 4.78 is 5.26. The van der Waals surface area contributed by atoms with Crippen molar-refractivity contribution in [3.05, 3.63) is 34.9 Å². The van der Waals surface area contributed by atoms with Crippen molar-refractivity contribution in [3.8, 4) is 0 Å². The highest BCUT2D eigenvalue weighted by atomic mass is 35.5. The average Bonchev–Trinajstić information content (AvgIpc) is 3.05. The summed E-state index contributed by atoms with van der Waals surface area (Å²) in [6.07, 6.45) is 4.60. The predicted octanol–water partition coefficient (Wildman–Crippen LogP) is 2.98. The summed E-state index contributed by atoms with van der Waals surface area (Å²) in [5, 5.41) is 0.709. The summed E-state index contributed by atoms with van der Waals surface area (Å²) in [7, 11) is 1.60. The zero-order valence-corrected chi connectivity index (χ0v) is 13.9. The lowest BCUT2D eigenvalue weighted by Gasteiger charge is -2.30. The van der Waals surface area contributed by atoms with Crippen LogP contribution in [0.2, 0.25) is 5.02 Å². The zero-order chi connectivity index (χ0) is 15.9. The van der Waals surface area contributed by atoms with Crippen LogP contribution in [0.1, 0.15) is 37.7 Å². The molecule has 0 aliphatic heterocycles. The summed E-state index contributed by atoms with van der Waals surface area (Å²) in [6.45, 7) is 0.914. The number of nitrogens with zero attached hydrogens (tertiary/aromatic N) is 1. The third-order valence-corrected chi connectivity index (χ3v) is 4.75. The van der Waals surface area contributed by atoms with Crippen LogP contribution in [0.15, 0.2) is 24.3 Å². The number of benzene rings is 1. The van der Waals surface area contributed by atoms with Crippen molar-refractivity contribution >= 4 is 17.5 Å². The van der Waals surface area contributed by atoms with E-state index in [0.29, 0.717) is 30.6 Å². The molecule has 0 bridgehead atoms. The van der Waals surface area contributed by atoms with Crippen molar-refractivity contribution < 1.29 is 9.53 Å². The molecule has 0 heterocycles. The number of ether oxygens (including phenoxy) is 1. The predicted molar refractivity (Wildman–Crippen MR) is 88.7 cm³/mol. The van der Waals surface area contributed by atoms with E-state index in [1.165, 1.54) is 12.8 Å². The lowest BCUT2D eigenvalue weighted by atomic mass is 10.1. The van der Waals surface area contributed by atoms with Crippen LogP contribution in [-0.2, 0) is 16.1 Å². The third kappa shape index (κ3) is 4.45. The fraction of sp³-hybridized carbons (Fsp3) is 0.588. The quantitative estimate of drug-likeness (QED) is 0.839. The van der Waals surface area contributed by atoms with Crippen molar-refractivity contribution in [2.45, 2.75) is 50.8 Å². The normalized spacial score (nSPS) is 16.7. The Morgan fingerprint density at radius 2 is 2.09 bits per heavy atom. The molecule has 0 radical (unpaired) electrons. The summed E-state index contributed by atoms with van der Waals surface area (Å²) in [6, 6.07) is 8.01. The first-order valence-corrected chi connectivity index (χ1v) is 8.29. The molecule has 5 heteroatoms. The molecule has 0 saturated heterocycles. The Morgan fingerprint density at radius 1 is 1.41 bits per heavy atom. The number of carbonyl (C=O) groups excluding carboxylic acids is 1. The minimum absolute atomic E-state index is 0.101. The van der Waals surface area contributed by atoms with Gasteiger partial charge < -0.3 is 15.4 Å². The standard InChI is InChI=1S/C17H25ClN2O2/c1-22-15(11-19)10-17(21)20(14-7-3-4-8-14)12-13-6-2-5-9-16(13)18/h2,5-6,9,14-15H,3-4,7-8,10-12,19H2,1H3. The van der Waals surface area contributed by atoms with Crippen LogP contribution >= 0.6 is 11.6 Å². The van der Waals surface area contributed by atoms with E-state index in [0.717, 1.165) is 18.4 Å². The molecule has 0 aromatic heterocycles. The highest BCUT2D eigenvalue weighted by Crippen LogP contribution is 2.27. The molecule has 1 atom stereocenters. The Hall–Kier alpha value is -1.10. The SMILES string of the molecule is COC(CN)CC(=O)N(Cc1ccccc1Cl)C1CCCC1. The minimum Gasteiger partial charge on any atom is -0.380 e. The first-order valence-electron chi connectivity index (χ1n) is 7.91. The van der Waals surface area contributed by atoms with E-state index in [4.69, 9.17) is 22.1 Å². The van der Waals surface area contributed by atoms with E-state index in [-0.39, 0.29) is 12.0 Å². The number of halogens is 1. The van der Waals surface area contributed by atoms with Gasteiger partial charge in [0.25, 0.3) is 0 Å². The second-order valence-corrected chi connectivity index (χ2v) is 6.26. The maximum absolute atomic E-state index is 12.7. The van der Waals surface area contributed by atoms with Crippen molar-refractivity contribution in [1.29, 1.82) is 0 Å². The summed E-state index contributed by atoms with van der Waals surface area (Å²) in [5.41, 5.74) is 6.64. The molecule has 0 spiro atoms. The molecule has 1 unspecified atom stereocenters.